The van der Waals surface area contributed by atoms with Crippen molar-refractivity contribution in [3.8, 4) is 11.5 Å². The molecule has 8 radical (unpaired) electrons. The van der Waals surface area contributed by atoms with E-state index in [-0.39, 0.29) is 35.3 Å². The Kier molecular flexibility index (Phi) is 8.25. The summed E-state index contributed by atoms with van der Waals surface area (Å²) in [6, 6.07) is 16.7. The molecule has 5 rings (SSSR count). The minimum absolute atomic E-state index is 0.0264. The molecular formula is C28H22B4N4O7S. The van der Waals surface area contributed by atoms with E-state index in [0.717, 1.165) is 15.8 Å². The quantitative estimate of drug-likeness (QED) is 0.193. The second kappa shape index (κ2) is 11.7. The fraction of sp³-hybridized carbons (Fsp3) is 0.214. The van der Waals surface area contributed by atoms with Crippen molar-refractivity contribution in [3.63, 3.8) is 0 Å². The second-order valence-electron chi connectivity index (χ2n) is 10.2. The largest absolute Gasteiger partial charge is 0.504 e. The third kappa shape index (κ3) is 6.46. The summed E-state index contributed by atoms with van der Waals surface area (Å²) >= 11 is 0. The van der Waals surface area contributed by atoms with E-state index >= 15 is 0 Å². The molecule has 214 valence electrons. The van der Waals surface area contributed by atoms with E-state index in [1.54, 1.807) is 43.3 Å². The van der Waals surface area contributed by atoms with Gasteiger partial charge in [0.15, 0.2) is 5.82 Å². The lowest BCUT2D eigenvalue weighted by atomic mass is 9.42. The number of nitrogens with zero attached hydrogens (tertiary/aromatic N) is 4. The zero-order valence-corrected chi connectivity index (χ0v) is 24.5. The summed E-state index contributed by atoms with van der Waals surface area (Å²) in [5.74, 6) is 0.656. The van der Waals surface area contributed by atoms with Gasteiger partial charge in [-0.15, -0.1) is 0 Å². The standard InChI is InChI=1S/C28H22B4N4O7S/c1-17-3-8-22(9-4-17)44(39,40)43-28(31,32)27(29,30)42-21-6-5-19(33-14-21)16-41-20-7-10-23-18(13-20)15-36(26(23)38)24-11-12-25(37)35(2)34-24/h3-14H,15-16H2,1-2H3. The van der Waals surface area contributed by atoms with E-state index in [9.17, 15) is 18.0 Å². The maximum Gasteiger partial charge on any atom is 0.296 e. The van der Waals surface area contributed by atoms with Crippen molar-refractivity contribution in [2.24, 2.45) is 7.05 Å². The van der Waals surface area contributed by atoms with E-state index in [4.69, 9.17) is 45.0 Å². The SMILES string of the molecule is [B]C([B])(Oc1ccc(COc2ccc3c(c2)CN(c2ccc(=O)n(C)n2)C3=O)nc1)C([B])([B])OS(=O)(=O)c1ccc(C)cc1. The molecule has 0 fully saturated rings. The number of hydrogen-bond donors (Lipinski definition) is 0. The number of aryl methyl sites for hydroxylation is 2. The molecule has 0 aliphatic carbocycles. The van der Waals surface area contributed by atoms with Crippen molar-refractivity contribution in [1.29, 1.82) is 0 Å². The third-order valence-corrected chi connectivity index (χ3v) is 8.09. The minimum Gasteiger partial charge on any atom is -0.504 e. The first-order valence-corrected chi connectivity index (χ1v) is 14.5. The molecule has 0 unspecified atom stereocenters. The van der Waals surface area contributed by atoms with Crippen molar-refractivity contribution < 1.29 is 26.9 Å². The molecule has 0 atom stereocenters. The van der Waals surface area contributed by atoms with Gasteiger partial charge in [0.25, 0.3) is 21.6 Å². The number of rotatable bonds is 10. The molecule has 1 aliphatic rings. The predicted molar refractivity (Wildman–Crippen MR) is 164 cm³/mol. The number of carbonyl (C=O) groups is 1. The lowest BCUT2D eigenvalue weighted by Gasteiger charge is -2.43. The zero-order chi connectivity index (χ0) is 31.9. The first-order valence-electron chi connectivity index (χ1n) is 13.1. The number of aromatic nitrogens is 3. The normalized spacial score (nSPS) is 13.5. The number of fused-ring (bicyclic) bond motifs is 1. The van der Waals surface area contributed by atoms with Crippen LogP contribution in [-0.4, -0.2) is 71.3 Å². The summed E-state index contributed by atoms with van der Waals surface area (Å²) in [7, 11) is 20.7. The van der Waals surface area contributed by atoms with Crippen molar-refractivity contribution in [3.05, 3.63) is 106 Å². The highest BCUT2D eigenvalue weighted by Gasteiger charge is 2.42. The van der Waals surface area contributed by atoms with E-state index in [1.165, 1.54) is 48.5 Å². The first kappa shape index (κ1) is 31.1. The molecular weight excluding hydrogens is 580 g/mol. The summed E-state index contributed by atoms with van der Waals surface area (Å²) in [6.45, 7) is 2.12. The van der Waals surface area contributed by atoms with Crippen LogP contribution < -0.4 is 19.9 Å². The number of benzene rings is 2. The number of ether oxygens (including phenoxy) is 2. The van der Waals surface area contributed by atoms with Gasteiger partial charge in [-0.25, -0.2) is 4.68 Å². The Morgan fingerprint density at radius 1 is 0.909 bits per heavy atom. The molecule has 2 aromatic carbocycles. The molecule has 0 saturated carbocycles. The average Bonchev–Trinajstić information content (AvgIpc) is 3.29. The van der Waals surface area contributed by atoms with Gasteiger partial charge in [-0.2, -0.15) is 13.5 Å². The molecule has 11 nitrogen and oxygen atoms in total. The van der Waals surface area contributed by atoms with Crippen LogP contribution in [0.5, 0.6) is 11.5 Å². The molecule has 0 saturated heterocycles. The topological polar surface area (TPSA) is 130 Å². The van der Waals surface area contributed by atoms with E-state index < -0.39 is 20.9 Å². The molecule has 3 heterocycles. The summed E-state index contributed by atoms with van der Waals surface area (Å²) in [5.41, 5.74) is 2.29. The Morgan fingerprint density at radius 3 is 2.27 bits per heavy atom. The van der Waals surface area contributed by atoms with Crippen LogP contribution >= 0.6 is 0 Å². The third-order valence-electron chi connectivity index (χ3n) is 6.74. The lowest BCUT2D eigenvalue weighted by Crippen LogP contribution is -2.62. The van der Waals surface area contributed by atoms with Gasteiger partial charge in [0.05, 0.1) is 23.3 Å². The van der Waals surface area contributed by atoms with Gasteiger partial charge in [-0.1, -0.05) is 17.7 Å². The van der Waals surface area contributed by atoms with Crippen LogP contribution in [0.4, 0.5) is 5.82 Å². The highest BCUT2D eigenvalue weighted by molar-refractivity contribution is 7.86. The molecule has 1 aliphatic heterocycles. The van der Waals surface area contributed by atoms with Crippen molar-refractivity contribution in [1.82, 2.24) is 14.8 Å². The van der Waals surface area contributed by atoms with Gasteiger partial charge >= 0.3 is 0 Å². The van der Waals surface area contributed by atoms with Crippen LogP contribution in [-0.2, 0) is 34.5 Å². The Bertz CT molecular complexity index is 1880. The maximum atomic E-state index is 12.9. The van der Waals surface area contributed by atoms with Crippen molar-refractivity contribution >= 4 is 53.2 Å². The number of amides is 1. The summed E-state index contributed by atoms with van der Waals surface area (Å²) < 4.78 is 42.8. The Morgan fingerprint density at radius 2 is 1.61 bits per heavy atom. The molecule has 0 N–H and O–H groups in total. The number of hydrogen-bond acceptors (Lipinski definition) is 9. The van der Waals surface area contributed by atoms with Crippen LogP contribution in [0.1, 0.15) is 27.2 Å². The summed E-state index contributed by atoms with van der Waals surface area (Å²) in [5, 5.41) is -1.01. The van der Waals surface area contributed by atoms with Gasteiger partial charge < -0.3 is 9.47 Å². The molecule has 4 aromatic rings. The highest BCUT2D eigenvalue weighted by atomic mass is 32.2. The van der Waals surface area contributed by atoms with Crippen molar-refractivity contribution in [2.45, 2.75) is 35.8 Å². The van der Waals surface area contributed by atoms with E-state index in [1.807, 2.05) is 0 Å². The Labute approximate surface area is 259 Å². The molecule has 0 bridgehead atoms. The molecule has 44 heavy (non-hydrogen) atoms. The minimum atomic E-state index is -4.44. The zero-order valence-electron chi connectivity index (χ0n) is 23.7. The van der Waals surface area contributed by atoms with Crippen molar-refractivity contribution in [2.75, 3.05) is 4.90 Å². The fourth-order valence-electron chi connectivity index (χ4n) is 4.19. The van der Waals surface area contributed by atoms with E-state index in [2.05, 4.69) is 10.1 Å². The first-order chi connectivity index (χ1) is 20.6. The highest BCUT2D eigenvalue weighted by Crippen LogP contribution is 2.30. The van der Waals surface area contributed by atoms with Crippen LogP contribution in [0.25, 0.3) is 0 Å². The Hall–Kier alpha value is -4.29. The van der Waals surface area contributed by atoms with Crippen LogP contribution in [0.15, 0.2) is 82.6 Å². The molecule has 2 aromatic heterocycles. The number of carbonyl (C=O) groups excluding carboxylic acids is 1. The monoisotopic (exact) mass is 602 g/mol. The van der Waals surface area contributed by atoms with Crippen LogP contribution in [0.3, 0.4) is 0 Å². The fourth-order valence-corrected chi connectivity index (χ4v) is 5.25. The molecule has 16 heteroatoms. The smallest absolute Gasteiger partial charge is 0.296 e. The molecule has 0 spiro atoms. The van der Waals surface area contributed by atoms with E-state index in [0.29, 0.717) is 22.8 Å². The lowest BCUT2D eigenvalue weighted by molar-refractivity contribution is 0.0995. The van der Waals surface area contributed by atoms with Crippen LogP contribution in [0.2, 0.25) is 0 Å². The number of pyridine rings is 1. The Balaban J connectivity index is 1.20. The average molecular weight is 602 g/mol. The number of anilines is 1. The summed E-state index contributed by atoms with van der Waals surface area (Å²) in [4.78, 5) is 30.1. The maximum absolute atomic E-state index is 12.9. The second-order valence-corrected chi connectivity index (χ2v) is 11.7. The van der Waals surface area contributed by atoms with Gasteiger partial charge in [-0.3, -0.25) is 23.7 Å². The van der Waals surface area contributed by atoms with Gasteiger partial charge in [0, 0.05) is 29.5 Å². The van der Waals surface area contributed by atoms with Gasteiger partial charge in [-0.05, 0) is 61.0 Å². The summed E-state index contributed by atoms with van der Waals surface area (Å²) in [6.07, 6.45) is 1.27. The molecule has 1 amide bonds. The van der Waals surface area contributed by atoms with Crippen LogP contribution in [0, 0.1) is 6.92 Å². The predicted octanol–water partition coefficient (Wildman–Crippen LogP) is 0.989. The van der Waals surface area contributed by atoms with Gasteiger partial charge in [0.1, 0.15) is 49.5 Å². The van der Waals surface area contributed by atoms with Gasteiger partial charge in [0.2, 0.25) is 0 Å².